The lowest BCUT2D eigenvalue weighted by Gasteiger charge is -2.38. The molecule has 1 atom stereocenters. The normalized spacial score (nSPS) is 27.9. The maximum Gasteiger partial charge on any atom is 0.00978 e. The van der Waals surface area contributed by atoms with Gasteiger partial charge in [-0.05, 0) is 55.9 Å². The summed E-state index contributed by atoms with van der Waals surface area (Å²) in [5.41, 5.74) is 0.618. The zero-order chi connectivity index (χ0) is 11.6. The summed E-state index contributed by atoms with van der Waals surface area (Å²) >= 11 is 0. The predicted octanol–water partition coefficient (Wildman–Crippen LogP) is 3.98. The van der Waals surface area contributed by atoms with Crippen LogP contribution in [-0.4, -0.2) is 12.6 Å². The Labute approximate surface area is 101 Å². The SMILES string of the molecule is CCNC(CC1CC1)C1CCC(C)(C)CC1. The minimum atomic E-state index is 0.618. The predicted molar refractivity (Wildman–Crippen MR) is 70.5 cm³/mol. The van der Waals surface area contributed by atoms with Gasteiger partial charge in [0.15, 0.2) is 0 Å². The van der Waals surface area contributed by atoms with E-state index in [1.807, 2.05) is 0 Å². The quantitative estimate of drug-likeness (QED) is 0.743. The van der Waals surface area contributed by atoms with E-state index >= 15 is 0 Å². The van der Waals surface area contributed by atoms with E-state index in [9.17, 15) is 0 Å². The van der Waals surface area contributed by atoms with Gasteiger partial charge in [-0.3, -0.25) is 0 Å². The van der Waals surface area contributed by atoms with Crippen molar-refractivity contribution in [1.29, 1.82) is 0 Å². The van der Waals surface area contributed by atoms with E-state index in [0.717, 1.165) is 24.4 Å². The van der Waals surface area contributed by atoms with Crippen LogP contribution < -0.4 is 5.32 Å². The highest BCUT2D eigenvalue weighted by atomic mass is 14.9. The summed E-state index contributed by atoms with van der Waals surface area (Å²) in [6.45, 7) is 8.28. The van der Waals surface area contributed by atoms with Gasteiger partial charge in [0.2, 0.25) is 0 Å². The highest BCUT2D eigenvalue weighted by Gasteiger charge is 2.34. The molecule has 2 fully saturated rings. The zero-order valence-electron chi connectivity index (χ0n) is 11.4. The molecule has 0 heterocycles. The summed E-state index contributed by atoms with van der Waals surface area (Å²) in [4.78, 5) is 0. The second kappa shape index (κ2) is 5.08. The van der Waals surface area contributed by atoms with Gasteiger partial charge in [0.05, 0.1) is 0 Å². The molecule has 0 aromatic heterocycles. The molecule has 16 heavy (non-hydrogen) atoms. The summed E-state index contributed by atoms with van der Waals surface area (Å²) in [5, 5.41) is 3.75. The molecule has 0 spiro atoms. The molecule has 0 radical (unpaired) electrons. The first-order chi connectivity index (χ1) is 7.61. The molecule has 2 rings (SSSR count). The molecule has 2 aliphatic carbocycles. The van der Waals surface area contributed by atoms with Crippen molar-refractivity contribution in [2.75, 3.05) is 6.54 Å². The van der Waals surface area contributed by atoms with Crippen molar-refractivity contribution < 1.29 is 0 Å². The molecule has 0 aromatic rings. The third-order valence-electron chi connectivity index (χ3n) is 4.70. The van der Waals surface area contributed by atoms with Crippen LogP contribution in [-0.2, 0) is 0 Å². The van der Waals surface area contributed by atoms with Crippen molar-refractivity contribution in [2.45, 2.75) is 71.8 Å². The van der Waals surface area contributed by atoms with Crippen LogP contribution in [0.3, 0.4) is 0 Å². The van der Waals surface area contributed by atoms with E-state index in [1.54, 1.807) is 0 Å². The van der Waals surface area contributed by atoms with Crippen LogP contribution in [0.15, 0.2) is 0 Å². The molecule has 1 unspecified atom stereocenters. The van der Waals surface area contributed by atoms with Crippen LogP contribution in [0, 0.1) is 17.3 Å². The van der Waals surface area contributed by atoms with Gasteiger partial charge in [-0.2, -0.15) is 0 Å². The number of hydrogen-bond donors (Lipinski definition) is 1. The van der Waals surface area contributed by atoms with Gasteiger partial charge in [-0.25, -0.2) is 0 Å². The minimum Gasteiger partial charge on any atom is -0.314 e. The Morgan fingerprint density at radius 2 is 1.75 bits per heavy atom. The van der Waals surface area contributed by atoms with Gasteiger partial charge in [-0.1, -0.05) is 33.6 Å². The molecule has 94 valence electrons. The Kier molecular flexibility index (Phi) is 3.94. The van der Waals surface area contributed by atoms with Crippen LogP contribution in [0.2, 0.25) is 0 Å². The average molecular weight is 223 g/mol. The highest BCUT2D eigenvalue weighted by molar-refractivity contribution is 4.88. The molecular formula is C15H29N. The monoisotopic (exact) mass is 223 g/mol. The Morgan fingerprint density at radius 3 is 2.25 bits per heavy atom. The smallest absolute Gasteiger partial charge is 0.00978 e. The third-order valence-corrected chi connectivity index (χ3v) is 4.70. The number of hydrogen-bond acceptors (Lipinski definition) is 1. The fraction of sp³-hybridized carbons (Fsp3) is 1.00. The second-order valence-corrected chi connectivity index (χ2v) is 6.84. The van der Waals surface area contributed by atoms with E-state index in [1.165, 1.54) is 44.9 Å². The average Bonchev–Trinajstić information content (AvgIpc) is 3.01. The van der Waals surface area contributed by atoms with Crippen LogP contribution in [0.25, 0.3) is 0 Å². The van der Waals surface area contributed by atoms with Crippen LogP contribution in [0.5, 0.6) is 0 Å². The lowest BCUT2D eigenvalue weighted by atomic mass is 9.70. The van der Waals surface area contributed by atoms with Gasteiger partial charge < -0.3 is 5.32 Å². The van der Waals surface area contributed by atoms with Crippen molar-refractivity contribution in [3.05, 3.63) is 0 Å². The summed E-state index contributed by atoms with van der Waals surface area (Å²) in [5.74, 6) is 2.03. The Morgan fingerprint density at radius 1 is 1.12 bits per heavy atom. The minimum absolute atomic E-state index is 0.618. The first-order valence-corrected chi connectivity index (χ1v) is 7.34. The first kappa shape index (κ1) is 12.4. The van der Waals surface area contributed by atoms with Gasteiger partial charge in [-0.15, -0.1) is 0 Å². The largest absolute Gasteiger partial charge is 0.314 e. The molecule has 0 aliphatic heterocycles. The fourth-order valence-corrected chi connectivity index (χ4v) is 3.24. The molecule has 0 aromatic carbocycles. The molecule has 1 heteroatoms. The van der Waals surface area contributed by atoms with Gasteiger partial charge in [0.1, 0.15) is 0 Å². The topological polar surface area (TPSA) is 12.0 Å². The molecule has 0 amide bonds. The first-order valence-electron chi connectivity index (χ1n) is 7.34. The Balaban J connectivity index is 1.82. The Hall–Kier alpha value is -0.0400. The van der Waals surface area contributed by atoms with E-state index in [0.29, 0.717) is 5.41 Å². The van der Waals surface area contributed by atoms with Crippen molar-refractivity contribution in [3.63, 3.8) is 0 Å². The van der Waals surface area contributed by atoms with E-state index < -0.39 is 0 Å². The fourth-order valence-electron chi connectivity index (χ4n) is 3.24. The van der Waals surface area contributed by atoms with Gasteiger partial charge in [0.25, 0.3) is 0 Å². The van der Waals surface area contributed by atoms with Crippen molar-refractivity contribution >= 4 is 0 Å². The standard InChI is InChI=1S/C15H29N/c1-4-16-14(11-12-5-6-12)13-7-9-15(2,3)10-8-13/h12-14,16H,4-11H2,1-3H3. The van der Waals surface area contributed by atoms with Crippen LogP contribution in [0.1, 0.15) is 65.7 Å². The molecular weight excluding hydrogens is 194 g/mol. The summed E-state index contributed by atoms with van der Waals surface area (Å²) in [7, 11) is 0. The lowest BCUT2D eigenvalue weighted by Crippen LogP contribution is -2.39. The third kappa shape index (κ3) is 3.48. The van der Waals surface area contributed by atoms with Crippen molar-refractivity contribution in [3.8, 4) is 0 Å². The van der Waals surface area contributed by atoms with Gasteiger partial charge >= 0.3 is 0 Å². The molecule has 0 bridgehead atoms. The van der Waals surface area contributed by atoms with Crippen LogP contribution >= 0.6 is 0 Å². The molecule has 2 saturated carbocycles. The molecule has 1 nitrogen and oxygen atoms in total. The maximum atomic E-state index is 3.75. The molecule has 2 aliphatic rings. The highest BCUT2D eigenvalue weighted by Crippen LogP contribution is 2.42. The molecule has 1 N–H and O–H groups in total. The summed E-state index contributed by atoms with van der Waals surface area (Å²) < 4.78 is 0. The van der Waals surface area contributed by atoms with Crippen molar-refractivity contribution in [2.24, 2.45) is 17.3 Å². The summed E-state index contributed by atoms with van der Waals surface area (Å²) in [6, 6.07) is 0.827. The van der Waals surface area contributed by atoms with Crippen LogP contribution in [0.4, 0.5) is 0 Å². The Bertz CT molecular complexity index is 207. The van der Waals surface area contributed by atoms with Crippen molar-refractivity contribution in [1.82, 2.24) is 5.32 Å². The number of nitrogens with one attached hydrogen (secondary N) is 1. The number of rotatable bonds is 5. The maximum absolute atomic E-state index is 3.75. The lowest BCUT2D eigenvalue weighted by molar-refractivity contribution is 0.156. The zero-order valence-corrected chi connectivity index (χ0v) is 11.4. The van der Waals surface area contributed by atoms with E-state index in [4.69, 9.17) is 0 Å². The van der Waals surface area contributed by atoms with E-state index in [-0.39, 0.29) is 0 Å². The van der Waals surface area contributed by atoms with Gasteiger partial charge in [0, 0.05) is 6.04 Å². The van der Waals surface area contributed by atoms with E-state index in [2.05, 4.69) is 26.1 Å². The molecule has 0 saturated heterocycles. The second-order valence-electron chi connectivity index (χ2n) is 6.84. The summed E-state index contributed by atoms with van der Waals surface area (Å²) in [6.07, 6.45) is 10.2.